The van der Waals surface area contributed by atoms with E-state index in [1.807, 2.05) is 0 Å². The molecule has 2 unspecified atom stereocenters. The number of nitrogens with zero attached hydrogens (tertiary/aromatic N) is 2. The average molecular weight is 484 g/mol. The molecular formula is C25H36F3N3O3. The number of nitrogens with one attached hydrogen (secondary N) is 1. The minimum Gasteiger partial charge on any atom is -0.618 e. The number of fused-ring (bicyclic) bond motifs is 1. The number of halogens is 3. The quantitative estimate of drug-likeness (QED) is 0.511. The molecule has 34 heavy (non-hydrogen) atoms. The van der Waals surface area contributed by atoms with Gasteiger partial charge in [-0.25, -0.2) is 0 Å². The van der Waals surface area contributed by atoms with Gasteiger partial charge in [0.05, 0.1) is 25.0 Å². The van der Waals surface area contributed by atoms with Gasteiger partial charge in [-0.05, 0) is 50.0 Å². The second kappa shape index (κ2) is 9.64. The summed E-state index contributed by atoms with van der Waals surface area (Å²) < 4.78 is 45.7. The van der Waals surface area contributed by atoms with Gasteiger partial charge in [0.2, 0.25) is 5.91 Å². The Balaban J connectivity index is 1.50. The molecule has 1 saturated heterocycles. The molecule has 1 amide bonds. The molecule has 3 heterocycles. The number of aromatic nitrogens is 1. The van der Waals surface area contributed by atoms with E-state index in [-0.39, 0.29) is 30.8 Å². The second-order valence-corrected chi connectivity index (χ2v) is 10.6. The number of carbonyl (C=O) groups excluding carboxylic acids is 1. The van der Waals surface area contributed by atoms with Crippen molar-refractivity contribution >= 4 is 5.91 Å². The van der Waals surface area contributed by atoms with E-state index in [4.69, 9.17) is 4.74 Å². The molecule has 0 spiro atoms. The summed E-state index contributed by atoms with van der Waals surface area (Å²) in [6, 6.07) is 1.65. The zero-order valence-electron chi connectivity index (χ0n) is 20.3. The van der Waals surface area contributed by atoms with Crippen LogP contribution in [0.25, 0.3) is 0 Å². The molecule has 1 saturated carbocycles. The second-order valence-electron chi connectivity index (χ2n) is 10.6. The molecule has 0 radical (unpaired) electrons. The summed E-state index contributed by atoms with van der Waals surface area (Å²) in [6.07, 6.45) is 0.665. The maximum absolute atomic E-state index is 13.9. The number of ether oxygens (including phenoxy) is 1. The van der Waals surface area contributed by atoms with Crippen molar-refractivity contribution in [1.29, 1.82) is 0 Å². The summed E-state index contributed by atoms with van der Waals surface area (Å²) in [5.74, 6) is 0.584. The van der Waals surface area contributed by atoms with Crippen molar-refractivity contribution in [3.63, 3.8) is 0 Å². The van der Waals surface area contributed by atoms with Crippen LogP contribution in [0.15, 0.2) is 12.3 Å². The average Bonchev–Trinajstić information content (AvgIpc) is 3.23. The fourth-order valence-electron chi connectivity index (χ4n) is 6.14. The molecule has 1 aliphatic carbocycles. The smallest absolute Gasteiger partial charge is 0.422 e. The van der Waals surface area contributed by atoms with Crippen molar-refractivity contribution in [2.24, 2.45) is 17.3 Å². The molecule has 6 nitrogen and oxygen atoms in total. The fraction of sp³-hybridized carbons (Fsp3) is 0.760. The van der Waals surface area contributed by atoms with Gasteiger partial charge in [-0.15, -0.1) is 0 Å². The van der Waals surface area contributed by atoms with Crippen LogP contribution >= 0.6 is 0 Å². The van der Waals surface area contributed by atoms with Crippen LogP contribution in [-0.2, 0) is 28.7 Å². The van der Waals surface area contributed by atoms with Crippen molar-refractivity contribution in [1.82, 2.24) is 10.2 Å². The van der Waals surface area contributed by atoms with Crippen LogP contribution in [0.1, 0.15) is 69.7 Å². The van der Waals surface area contributed by atoms with Gasteiger partial charge in [-0.1, -0.05) is 20.8 Å². The SMILES string of the molecule is CCC1COCCC1N[C@@H]1CC[C@@](C(=O)N2CCc3c(cc(C(F)(F)F)c[n+]3[O-])C2)(C(C)C)C1. The number of hydrogen-bond acceptors (Lipinski definition) is 4. The number of rotatable bonds is 5. The van der Waals surface area contributed by atoms with Crippen molar-refractivity contribution < 1.29 is 27.4 Å². The number of amides is 1. The van der Waals surface area contributed by atoms with E-state index in [0.717, 1.165) is 51.4 Å². The first-order valence-corrected chi connectivity index (χ1v) is 12.5. The Morgan fingerprint density at radius 3 is 2.82 bits per heavy atom. The summed E-state index contributed by atoms with van der Waals surface area (Å²) in [7, 11) is 0. The minimum atomic E-state index is -4.60. The van der Waals surface area contributed by atoms with E-state index in [1.165, 1.54) is 0 Å². The first-order valence-electron chi connectivity index (χ1n) is 12.5. The molecule has 2 fully saturated rings. The third kappa shape index (κ3) is 4.78. The van der Waals surface area contributed by atoms with Gasteiger partial charge >= 0.3 is 6.18 Å². The number of pyridine rings is 1. The normalized spacial score (nSPS) is 30.0. The Bertz CT molecular complexity index is 907. The fourth-order valence-corrected chi connectivity index (χ4v) is 6.14. The predicted molar refractivity (Wildman–Crippen MR) is 121 cm³/mol. The summed E-state index contributed by atoms with van der Waals surface area (Å²) in [6.45, 7) is 8.22. The highest BCUT2D eigenvalue weighted by Gasteiger charge is 2.50. The summed E-state index contributed by atoms with van der Waals surface area (Å²) in [5, 5.41) is 16.0. The summed E-state index contributed by atoms with van der Waals surface area (Å²) >= 11 is 0. The lowest BCUT2D eigenvalue weighted by Gasteiger charge is -2.39. The molecule has 4 atom stereocenters. The largest absolute Gasteiger partial charge is 0.618 e. The molecule has 2 aliphatic heterocycles. The summed E-state index contributed by atoms with van der Waals surface area (Å²) in [4.78, 5) is 15.5. The Morgan fingerprint density at radius 2 is 2.15 bits per heavy atom. The van der Waals surface area contributed by atoms with Crippen LogP contribution < -0.4 is 10.0 Å². The Kier molecular flexibility index (Phi) is 7.16. The third-order valence-electron chi connectivity index (χ3n) is 8.35. The highest BCUT2D eigenvalue weighted by molar-refractivity contribution is 5.83. The van der Waals surface area contributed by atoms with E-state index < -0.39 is 17.2 Å². The molecule has 190 valence electrons. The number of alkyl halides is 3. The van der Waals surface area contributed by atoms with Gasteiger partial charge in [-0.2, -0.15) is 17.9 Å². The molecule has 0 bridgehead atoms. The molecule has 1 aromatic heterocycles. The highest BCUT2D eigenvalue weighted by atomic mass is 19.4. The maximum Gasteiger partial charge on any atom is 0.422 e. The zero-order valence-corrected chi connectivity index (χ0v) is 20.3. The van der Waals surface area contributed by atoms with E-state index in [1.54, 1.807) is 4.90 Å². The number of hydrogen-bond donors (Lipinski definition) is 1. The Morgan fingerprint density at radius 1 is 1.38 bits per heavy atom. The Hall–Kier alpha value is -1.87. The third-order valence-corrected chi connectivity index (χ3v) is 8.35. The van der Waals surface area contributed by atoms with E-state index in [0.29, 0.717) is 40.7 Å². The van der Waals surface area contributed by atoms with Gasteiger partial charge in [0.25, 0.3) is 0 Å². The maximum atomic E-state index is 13.9. The van der Waals surface area contributed by atoms with E-state index in [9.17, 15) is 23.2 Å². The predicted octanol–water partition coefficient (Wildman–Crippen LogP) is 3.82. The van der Waals surface area contributed by atoms with Crippen molar-refractivity contribution in [3.8, 4) is 0 Å². The molecule has 9 heteroatoms. The van der Waals surface area contributed by atoms with Gasteiger partial charge in [0, 0.05) is 30.8 Å². The topological polar surface area (TPSA) is 68.5 Å². The molecule has 1 aromatic rings. The first-order chi connectivity index (χ1) is 16.0. The van der Waals surface area contributed by atoms with E-state index in [2.05, 4.69) is 26.1 Å². The molecular weight excluding hydrogens is 447 g/mol. The lowest BCUT2D eigenvalue weighted by atomic mass is 9.74. The standard InChI is InChI=1S/C25H36F3N3O3/c1-4-17-15-34-10-7-21(17)29-20-5-8-24(12-20,16(2)3)23(32)30-9-6-22-18(13-30)11-19(14-31(22)33)25(26,27)28/h11,14,16-17,20-21,29H,4-10,12-13,15H2,1-3H3/t17?,20-,21?,24+/m1/s1. The molecule has 0 aromatic carbocycles. The van der Waals surface area contributed by atoms with Crippen LogP contribution in [0.4, 0.5) is 13.2 Å². The van der Waals surface area contributed by atoms with Gasteiger partial charge < -0.3 is 20.2 Å². The molecule has 3 aliphatic rings. The van der Waals surface area contributed by atoms with Crippen LogP contribution in [0.5, 0.6) is 0 Å². The lowest BCUT2D eigenvalue weighted by Crippen LogP contribution is -2.51. The first kappa shape index (κ1) is 25.2. The van der Waals surface area contributed by atoms with Crippen LogP contribution in [-0.4, -0.2) is 42.6 Å². The van der Waals surface area contributed by atoms with Gasteiger partial charge in [0.1, 0.15) is 5.56 Å². The van der Waals surface area contributed by atoms with Crippen LogP contribution in [0.3, 0.4) is 0 Å². The molecule has 1 N–H and O–H groups in total. The highest BCUT2D eigenvalue weighted by Crippen LogP contribution is 2.47. The monoisotopic (exact) mass is 483 g/mol. The minimum absolute atomic E-state index is 0.00586. The molecule has 4 rings (SSSR count). The van der Waals surface area contributed by atoms with Crippen molar-refractivity contribution in [2.75, 3.05) is 19.8 Å². The summed E-state index contributed by atoms with van der Waals surface area (Å²) in [5.41, 5.74) is -0.895. The van der Waals surface area contributed by atoms with Crippen LogP contribution in [0, 0.1) is 22.5 Å². The zero-order chi connectivity index (χ0) is 24.7. The van der Waals surface area contributed by atoms with Gasteiger partial charge in [0.15, 0.2) is 11.9 Å². The van der Waals surface area contributed by atoms with Crippen LogP contribution in [0.2, 0.25) is 0 Å². The lowest BCUT2D eigenvalue weighted by molar-refractivity contribution is -0.616. The van der Waals surface area contributed by atoms with Crippen molar-refractivity contribution in [3.05, 3.63) is 34.3 Å². The van der Waals surface area contributed by atoms with Gasteiger partial charge in [-0.3, -0.25) is 4.79 Å². The van der Waals surface area contributed by atoms with Crippen molar-refractivity contribution in [2.45, 2.75) is 84.1 Å². The Labute approximate surface area is 199 Å². The van der Waals surface area contributed by atoms with E-state index >= 15 is 0 Å². The number of carbonyl (C=O) groups is 1.